The van der Waals surface area contributed by atoms with Gasteiger partial charge in [-0.25, -0.2) is 4.57 Å². The van der Waals surface area contributed by atoms with Crippen LogP contribution in [0.1, 0.15) is 36.5 Å². The predicted molar refractivity (Wildman–Crippen MR) is 146 cm³/mol. The van der Waals surface area contributed by atoms with Gasteiger partial charge in [0.2, 0.25) is 0 Å². The first kappa shape index (κ1) is 24.5. The lowest BCUT2D eigenvalue weighted by molar-refractivity contribution is -0.671. The van der Waals surface area contributed by atoms with Crippen molar-refractivity contribution < 1.29 is 4.57 Å². The Balaban J connectivity index is 0.000000374. The summed E-state index contributed by atoms with van der Waals surface area (Å²) in [6.45, 7) is 8.80. The number of nitrogens with zero attached hydrogens (tertiary/aromatic N) is 1. The molecule has 0 N–H and O–H groups in total. The van der Waals surface area contributed by atoms with Gasteiger partial charge in [-0.15, -0.1) is 0 Å². The Hall–Kier alpha value is -3.13. The molecule has 33 heavy (non-hydrogen) atoms. The molecule has 0 aliphatic heterocycles. The summed E-state index contributed by atoms with van der Waals surface area (Å²) in [7, 11) is 2.00. The molecule has 3 aromatic carbocycles. The van der Waals surface area contributed by atoms with Gasteiger partial charge in [0.05, 0.1) is 6.15 Å². The Labute approximate surface area is 201 Å². The number of unbranched alkanes of at least 4 members (excludes halogenated alkanes) is 1. The maximum Gasteiger partial charge on any atom is 0.168 e. The number of aryl methyl sites for hydroxylation is 4. The molecule has 0 amide bonds. The summed E-state index contributed by atoms with van der Waals surface area (Å²) >= 11 is 0. The molecule has 0 unspecified atom stereocenters. The zero-order valence-electron chi connectivity index (χ0n) is 21.0. The van der Waals surface area contributed by atoms with E-state index in [9.17, 15) is 0 Å². The van der Waals surface area contributed by atoms with Crippen LogP contribution in [0.25, 0.3) is 0 Å². The van der Waals surface area contributed by atoms with Crippen LogP contribution in [0.15, 0.2) is 103 Å². The zero-order chi connectivity index (χ0) is 23.7. The SMILES string of the molecule is CCCC[B-](c1ccc(C)cc1)(c1ccc(C)cc1)c1ccc(C)cc1.C[n+]1ccccc1. The minimum atomic E-state index is -0.957. The van der Waals surface area contributed by atoms with Gasteiger partial charge in [0, 0.05) is 12.1 Å². The Morgan fingerprint density at radius 1 is 0.576 bits per heavy atom. The molecule has 170 valence electrons. The normalized spacial score (nSPS) is 10.9. The molecular formula is C31H38BN. The molecular weight excluding hydrogens is 397 g/mol. The lowest BCUT2D eigenvalue weighted by Gasteiger charge is -2.43. The molecule has 0 bridgehead atoms. The third kappa shape index (κ3) is 6.23. The van der Waals surface area contributed by atoms with Crippen molar-refractivity contribution >= 4 is 22.5 Å². The Morgan fingerprint density at radius 2 is 0.939 bits per heavy atom. The summed E-state index contributed by atoms with van der Waals surface area (Å²) < 4.78 is 2.00. The van der Waals surface area contributed by atoms with Crippen LogP contribution < -0.4 is 21.0 Å². The van der Waals surface area contributed by atoms with Gasteiger partial charge in [-0.2, -0.15) is 22.7 Å². The Kier molecular flexibility index (Phi) is 8.66. The van der Waals surface area contributed by atoms with Crippen LogP contribution in [-0.4, -0.2) is 6.15 Å². The highest BCUT2D eigenvalue weighted by atomic mass is 14.9. The molecule has 1 heterocycles. The van der Waals surface area contributed by atoms with Crippen LogP contribution in [-0.2, 0) is 7.05 Å². The predicted octanol–water partition coefficient (Wildman–Crippen LogP) is 5.39. The smallest absolute Gasteiger partial charge is 0.168 e. The molecule has 4 rings (SSSR count). The summed E-state index contributed by atoms with van der Waals surface area (Å²) in [6, 6.07) is 33.7. The number of pyridine rings is 1. The summed E-state index contributed by atoms with van der Waals surface area (Å²) in [5.41, 5.74) is 8.33. The molecule has 0 saturated heterocycles. The van der Waals surface area contributed by atoms with Crippen LogP contribution in [0.4, 0.5) is 0 Å². The van der Waals surface area contributed by atoms with Crippen LogP contribution in [0, 0.1) is 20.8 Å². The van der Waals surface area contributed by atoms with Crippen molar-refractivity contribution in [2.45, 2.75) is 46.9 Å². The van der Waals surface area contributed by atoms with Crippen molar-refractivity contribution in [1.82, 2.24) is 0 Å². The third-order valence-electron chi connectivity index (χ3n) is 6.79. The van der Waals surface area contributed by atoms with Crippen LogP contribution in [0.3, 0.4) is 0 Å². The topological polar surface area (TPSA) is 3.88 Å². The second-order valence-electron chi connectivity index (χ2n) is 9.46. The third-order valence-corrected chi connectivity index (χ3v) is 6.79. The standard InChI is InChI=1S/C25H30B.C6H8N/c1-5-6-19-26(23-13-7-20(2)8-14-23,24-15-9-21(3)10-16-24)25-17-11-22(4)12-18-25;1-7-5-3-2-4-6-7/h7-18H,5-6,19H2,1-4H3;2-6H,1H3/q-1;+1. The molecule has 0 atom stereocenters. The number of hydrogen-bond acceptors (Lipinski definition) is 0. The van der Waals surface area contributed by atoms with E-state index < -0.39 is 6.15 Å². The molecule has 0 aliphatic rings. The first-order valence-electron chi connectivity index (χ1n) is 12.2. The minimum Gasteiger partial charge on any atom is -0.208 e. The average molecular weight is 435 g/mol. The van der Waals surface area contributed by atoms with E-state index in [1.807, 2.05) is 42.2 Å². The van der Waals surface area contributed by atoms with E-state index in [1.54, 1.807) is 0 Å². The molecule has 1 aromatic heterocycles. The lowest BCUT2D eigenvalue weighted by Crippen LogP contribution is -2.67. The molecule has 0 aliphatic carbocycles. The second-order valence-corrected chi connectivity index (χ2v) is 9.46. The van der Waals surface area contributed by atoms with Gasteiger partial charge in [-0.1, -0.05) is 115 Å². The fraction of sp³-hybridized carbons (Fsp3) is 0.258. The van der Waals surface area contributed by atoms with Gasteiger partial charge in [-0.05, 0) is 20.8 Å². The lowest BCUT2D eigenvalue weighted by atomic mass is 9.14. The molecule has 0 saturated carbocycles. The van der Waals surface area contributed by atoms with Crippen molar-refractivity contribution in [3.8, 4) is 0 Å². The van der Waals surface area contributed by atoms with Gasteiger partial charge in [0.1, 0.15) is 7.05 Å². The Bertz CT molecular complexity index is 988. The van der Waals surface area contributed by atoms with E-state index in [1.165, 1.54) is 52.2 Å². The molecule has 0 radical (unpaired) electrons. The van der Waals surface area contributed by atoms with Gasteiger partial charge >= 0.3 is 0 Å². The fourth-order valence-electron chi connectivity index (χ4n) is 4.76. The van der Waals surface area contributed by atoms with Crippen LogP contribution >= 0.6 is 0 Å². The molecule has 0 fully saturated rings. The largest absolute Gasteiger partial charge is 0.208 e. The number of hydrogen-bond donors (Lipinski definition) is 0. The highest BCUT2D eigenvalue weighted by Gasteiger charge is 2.29. The molecule has 4 aromatic rings. The minimum absolute atomic E-state index is 0.957. The van der Waals surface area contributed by atoms with Crippen LogP contribution in [0.2, 0.25) is 6.32 Å². The summed E-state index contributed by atoms with van der Waals surface area (Å²) in [4.78, 5) is 0. The summed E-state index contributed by atoms with van der Waals surface area (Å²) in [6.07, 6.45) is 6.68. The van der Waals surface area contributed by atoms with Crippen molar-refractivity contribution in [3.63, 3.8) is 0 Å². The first-order valence-corrected chi connectivity index (χ1v) is 12.2. The van der Waals surface area contributed by atoms with Crippen LogP contribution in [0.5, 0.6) is 0 Å². The number of aromatic nitrogens is 1. The van der Waals surface area contributed by atoms with Gasteiger partial charge in [0.25, 0.3) is 0 Å². The Morgan fingerprint density at radius 3 is 1.21 bits per heavy atom. The fourth-order valence-corrected chi connectivity index (χ4v) is 4.76. The highest BCUT2D eigenvalue weighted by molar-refractivity contribution is 7.11. The van der Waals surface area contributed by atoms with Crippen molar-refractivity contribution in [1.29, 1.82) is 0 Å². The van der Waals surface area contributed by atoms with E-state index in [0.717, 1.165) is 0 Å². The maximum absolute atomic E-state index is 2.35. The van der Waals surface area contributed by atoms with E-state index in [-0.39, 0.29) is 0 Å². The maximum atomic E-state index is 2.35. The number of benzene rings is 3. The first-order chi connectivity index (χ1) is 16.0. The van der Waals surface area contributed by atoms with Gasteiger partial charge in [0.15, 0.2) is 12.4 Å². The molecule has 2 heteroatoms. The average Bonchev–Trinajstić information content (AvgIpc) is 2.83. The highest BCUT2D eigenvalue weighted by Crippen LogP contribution is 2.17. The monoisotopic (exact) mass is 435 g/mol. The van der Waals surface area contributed by atoms with E-state index in [0.29, 0.717) is 0 Å². The number of rotatable bonds is 6. The van der Waals surface area contributed by atoms with E-state index >= 15 is 0 Å². The zero-order valence-corrected chi connectivity index (χ0v) is 21.0. The molecule has 1 nitrogen and oxygen atoms in total. The van der Waals surface area contributed by atoms with Gasteiger partial charge < -0.3 is 0 Å². The van der Waals surface area contributed by atoms with Gasteiger partial charge in [-0.3, -0.25) is 0 Å². The van der Waals surface area contributed by atoms with Crippen molar-refractivity contribution in [2.24, 2.45) is 7.05 Å². The summed E-state index contributed by atoms with van der Waals surface area (Å²) in [5, 5.41) is 0. The molecule has 0 spiro atoms. The quantitative estimate of drug-likeness (QED) is 0.282. The van der Waals surface area contributed by atoms with E-state index in [2.05, 4.69) is 100 Å². The van der Waals surface area contributed by atoms with Crippen molar-refractivity contribution in [2.75, 3.05) is 0 Å². The summed E-state index contributed by atoms with van der Waals surface area (Å²) in [5.74, 6) is 0. The van der Waals surface area contributed by atoms with E-state index in [4.69, 9.17) is 0 Å². The van der Waals surface area contributed by atoms with Crippen molar-refractivity contribution in [3.05, 3.63) is 120 Å². The second kappa shape index (κ2) is 11.7.